The van der Waals surface area contributed by atoms with Crippen LogP contribution >= 0.6 is 12.1 Å². The summed E-state index contributed by atoms with van der Waals surface area (Å²) in [4.78, 5) is 26.2. The molecule has 4 nitrogen and oxygen atoms in total. The fourth-order valence-corrected chi connectivity index (χ4v) is 3.64. The largest absolute Gasteiger partial charge is 0.397 e. The fourth-order valence-electron chi connectivity index (χ4n) is 3.29. The molecule has 0 unspecified atom stereocenters. The van der Waals surface area contributed by atoms with E-state index in [-0.39, 0.29) is 51.0 Å². The van der Waals surface area contributed by atoms with Crippen LogP contribution in [0.2, 0.25) is 0 Å². The first-order valence-corrected chi connectivity index (χ1v) is 9.04. The third-order valence-corrected chi connectivity index (χ3v) is 5.11. The standard InChI is InChI=1S/C21H15FN2O2S/c22-27-16-10-15(24-11-12-6-2-1-3-7-12)17-18(19(16)23)21(26)14-9-5-4-8-13(14)20(17)25/h1-10,24H,11,23H2. The predicted octanol–water partition coefficient (Wildman–Crippen LogP) is 4.63. The van der Waals surface area contributed by atoms with E-state index in [9.17, 15) is 13.5 Å². The van der Waals surface area contributed by atoms with E-state index in [1.165, 1.54) is 6.07 Å². The van der Waals surface area contributed by atoms with E-state index in [1.807, 2.05) is 30.3 Å². The molecule has 3 N–H and O–H groups in total. The van der Waals surface area contributed by atoms with Gasteiger partial charge in [-0.15, -0.1) is 0 Å². The van der Waals surface area contributed by atoms with Crippen LogP contribution in [0.25, 0.3) is 0 Å². The van der Waals surface area contributed by atoms with Gasteiger partial charge >= 0.3 is 0 Å². The first kappa shape index (κ1) is 17.3. The average Bonchev–Trinajstić information content (AvgIpc) is 2.71. The molecule has 134 valence electrons. The number of ketones is 2. The van der Waals surface area contributed by atoms with Crippen molar-refractivity contribution in [1.29, 1.82) is 0 Å². The van der Waals surface area contributed by atoms with E-state index in [2.05, 4.69) is 5.32 Å². The van der Waals surface area contributed by atoms with Crippen LogP contribution in [0.15, 0.2) is 65.6 Å². The third kappa shape index (κ3) is 2.88. The monoisotopic (exact) mass is 378 g/mol. The lowest BCUT2D eigenvalue weighted by Crippen LogP contribution is -2.24. The zero-order chi connectivity index (χ0) is 19.0. The van der Waals surface area contributed by atoms with Crippen LogP contribution in [0.3, 0.4) is 0 Å². The highest BCUT2D eigenvalue weighted by Gasteiger charge is 2.34. The van der Waals surface area contributed by atoms with E-state index < -0.39 is 0 Å². The Bertz CT molecular complexity index is 1070. The minimum Gasteiger partial charge on any atom is -0.397 e. The van der Waals surface area contributed by atoms with Crippen molar-refractivity contribution in [3.8, 4) is 0 Å². The van der Waals surface area contributed by atoms with Gasteiger partial charge in [0.2, 0.25) is 0 Å². The van der Waals surface area contributed by atoms with Gasteiger partial charge < -0.3 is 11.1 Å². The van der Waals surface area contributed by atoms with Crippen molar-refractivity contribution < 1.29 is 13.5 Å². The molecule has 4 rings (SSSR count). The summed E-state index contributed by atoms with van der Waals surface area (Å²) in [5.41, 5.74) is 8.31. The molecule has 0 heterocycles. The summed E-state index contributed by atoms with van der Waals surface area (Å²) in [5, 5.41) is 3.16. The topological polar surface area (TPSA) is 72.2 Å². The lowest BCUT2D eigenvalue weighted by molar-refractivity contribution is 0.0980. The van der Waals surface area contributed by atoms with Crippen LogP contribution in [-0.2, 0) is 6.54 Å². The van der Waals surface area contributed by atoms with Crippen LogP contribution < -0.4 is 11.1 Å². The maximum absolute atomic E-state index is 13.4. The second kappa shape index (κ2) is 6.89. The Labute approximate surface area is 159 Å². The van der Waals surface area contributed by atoms with E-state index in [1.54, 1.807) is 24.3 Å². The van der Waals surface area contributed by atoms with Gasteiger partial charge in [0.15, 0.2) is 11.6 Å². The van der Waals surface area contributed by atoms with Crippen molar-refractivity contribution >= 4 is 35.1 Å². The highest BCUT2D eigenvalue weighted by atomic mass is 32.2. The van der Waals surface area contributed by atoms with Crippen LogP contribution in [0, 0.1) is 0 Å². The van der Waals surface area contributed by atoms with Gasteiger partial charge in [0, 0.05) is 23.4 Å². The number of benzene rings is 3. The maximum Gasteiger partial charge on any atom is 0.196 e. The molecule has 0 saturated heterocycles. The number of hydrogen-bond acceptors (Lipinski definition) is 5. The number of rotatable bonds is 4. The summed E-state index contributed by atoms with van der Waals surface area (Å²) in [7, 11) is 0. The zero-order valence-corrected chi connectivity index (χ0v) is 15.0. The van der Waals surface area contributed by atoms with Crippen molar-refractivity contribution in [2.45, 2.75) is 11.4 Å². The van der Waals surface area contributed by atoms with Crippen molar-refractivity contribution in [3.05, 3.63) is 88.5 Å². The van der Waals surface area contributed by atoms with E-state index in [0.29, 0.717) is 17.8 Å². The summed E-state index contributed by atoms with van der Waals surface area (Å²) < 4.78 is 13.4. The number of carbonyl (C=O) groups excluding carboxylic acids is 2. The molecule has 0 fully saturated rings. The molecular formula is C21H15FN2O2S. The lowest BCUT2D eigenvalue weighted by atomic mass is 9.82. The summed E-state index contributed by atoms with van der Waals surface area (Å²) >= 11 is -0.0399. The molecule has 1 aliphatic carbocycles. The Hall–Kier alpha value is -3.12. The van der Waals surface area contributed by atoms with Crippen LogP contribution in [0.4, 0.5) is 15.3 Å². The van der Waals surface area contributed by atoms with Gasteiger partial charge in [0.05, 0.1) is 33.9 Å². The predicted molar refractivity (Wildman–Crippen MR) is 105 cm³/mol. The highest BCUT2D eigenvalue weighted by Crippen LogP contribution is 2.41. The van der Waals surface area contributed by atoms with E-state index >= 15 is 0 Å². The molecule has 0 aliphatic heterocycles. The molecule has 0 bridgehead atoms. The number of nitrogens with one attached hydrogen (secondary N) is 1. The summed E-state index contributed by atoms with van der Waals surface area (Å²) in [6, 6.07) is 17.7. The number of halogens is 1. The SMILES string of the molecule is Nc1c(SF)cc(NCc2ccccc2)c2c1C(=O)c1ccccc1C2=O. The molecule has 27 heavy (non-hydrogen) atoms. The highest BCUT2D eigenvalue weighted by molar-refractivity contribution is 7.94. The Kier molecular flexibility index (Phi) is 4.41. The summed E-state index contributed by atoms with van der Waals surface area (Å²) in [6.07, 6.45) is 0. The van der Waals surface area contributed by atoms with E-state index in [4.69, 9.17) is 5.73 Å². The van der Waals surface area contributed by atoms with Crippen molar-refractivity contribution in [1.82, 2.24) is 0 Å². The maximum atomic E-state index is 13.4. The van der Waals surface area contributed by atoms with Crippen LogP contribution in [0.1, 0.15) is 37.4 Å². The normalized spacial score (nSPS) is 12.5. The molecule has 0 saturated carbocycles. The van der Waals surface area contributed by atoms with Crippen molar-refractivity contribution in [3.63, 3.8) is 0 Å². The Balaban J connectivity index is 1.86. The first-order valence-electron chi connectivity index (χ1n) is 8.33. The van der Waals surface area contributed by atoms with Gasteiger partial charge in [-0.25, -0.2) is 0 Å². The van der Waals surface area contributed by atoms with Gasteiger partial charge in [0.1, 0.15) is 0 Å². The molecule has 3 aromatic rings. The molecular weight excluding hydrogens is 363 g/mol. The van der Waals surface area contributed by atoms with Crippen molar-refractivity contribution in [2.24, 2.45) is 0 Å². The Morgan fingerprint density at radius 3 is 2.11 bits per heavy atom. The summed E-state index contributed by atoms with van der Waals surface area (Å²) in [6.45, 7) is 0.427. The van der Waals surface area contributed by atoms with Gasteiger partial charge in [-0.1, -0.05) is 54.6 Å². The van der Waals surface area contributed by atoms with Gasteiger partial charge in [0.25, 0.3) is 0 Å². The molecule has 0 atom stereocenters. The van der Waals surface area contributed by atoms with Gasteiger partial charge in [-0.3, -0.25) is 9.59 Å². The minimum absolute atomic E-state index is 0.00406. The summed E-state index contributed by atoms with van der Waals surface area (Å²) in [5.74, 6) is -0.658. The third-order valence-electron chi connectivity index (χ3n) is 4.61. The molecule has 1 aliphatic rings. The molecule has 0 aromatic heterocycles. The number of hydrogen-bond donors (Lipinski definition) is 2. The number of anilines is 2. The van der Waals surface area contributed by atoms with Crippen LogP contribution in [-0.4, -0.2) is 11.6 Å². The second-order valence-electron chi connectivity index (χ2n) is 6.21. The first-order chi connectivity index (χ1) is 13.1. The van der Waals surface area contributed by atoms with Crippen molar-refractivity contribution in [2.75, 3.05) is 11.1 Å². The molecule has 0 radical (unpaired) electrons. The minimum atomic E-state index is -0.364. The second-order valence-corrected chi connectivity index (χ2v) is 6.80. The number of nitrogens with two attached hydrogens (primary N) is 1. The molecule has 3 aromatic carbocycles. The Morgan fingerprint density at radius 1 is 0.889 bits per heavy atom. The Morgan fingerprint density at radius 2 is 1.48 bits per heavy atom. The molecule has 0 amide bonds. The number of nitrogen functional groups attached to an aromatic ring is 1. The zero-order valence-electron chi connectivity index (χ0n) is 14.2. The smallest absolute Gasteiger partial charge is 0.196 e. The number of carbonyl (C=O) groups is 2. The molecule has 0 spiro atoms. The average molecular weight is 378 g/mol. The lowest BCUT2D eigenvalue weighted by Gasteiger charge is -2.23. The van der Waals surface area contributed by atoms with Crippen LogP contribution in [0.5, 0.6) is 0 Å². The quantitative estimate of drug-likeness (QED) is 0.507. The van der Waals surface area contributed by atoms with Gasteiger partial charge in [-0.05, 0) is 11.6 Å². The van der Waals surface area contributed by atoms with E-state index in [0.717, 1.165) is 5.56 Å². The molecule has 6 heteroatoms. The van der Waals surface area contributed by atoms with Gasteiger partial charge in [-0.2, -0.15) is 3.89 Å². The fraction of sp³-hybridized carbons (Fsp3) is 0.0476. The number of fused-ring (bicyclic) bond motifs is 2.